The number of sulfonamides is 1. The molecule has 0 spiro atoms. The van der Waals surface area contributed by atoms with Gasteiger partial charge in [-0.3, -0.25) is 9.52 Å². The van der Waals surface area contributed by atoms with E-state index in [1.807, 2.05) is 0 Å². The van der Waals surface area contributed by atoms with Crippen molar-refractivity contribution in [2.24, 2.45) is 0 Å². The Morgan fingerprint density at radius 3 is 1.92 bits per heavy atom. The molecule has 0 heterocycles. The van der Waals surface area contributed by atoms with Gasteiger partial charge in [0.2, 0.25) is 0 Å². The number of carbonyl (C=O) groups is 1. The predicted octanol–water partition coefficient (Wildman–Crippen LogP) is 3.75. The Morgan fingerprint density at radius 2 is 1.42 bits per heavy atom. The number of rotatable bonds is 4. The summed E-state index contributed by atoms with van der Waals surface area (Å²) in [6, 6.07) is 10.7. The zero-order valence-electron chi connectivity index (χ0n) is 11.8. The van der Waals surface area contributed by atoms with E-state index in [-0.39, 0.29) is 10.6 Å². The number of halogens is 4. The molecule has 0 radical (unpaired) electrons. The van der Waals surface area contributed by atoms with Gasteiger partial charge in [-0.25, -0.2) is 8.42 Å². The molecule has 0 aromatic heterocycles. The third-order valence-corrected chi connectivity index (χ3v) is 4.70. The zero-order valence-corrected chi connectivity index (χ0v) is 14.2. The molecule has 0 aliphatic carbocycles. The fourth-order valence-electron chi connectivity index (χ4n) is 1.65. The molecule has 0 aliphatic heterocycles. The Kier molecular flexibility index (Phi) is 5.19. The Balaban J connectivity index is 2.14. The smallest absolute Gasteiger partial charge is 0.318 e. The lowest BCUT2D eigenvalue weighted by Gasteiger charge is -2.10. The second-order valence-corrected chi connectivity index (χ2v) is 7.19. The second-order valence-electron chi connectivity index (χ2n) is 4.59. The molecule has 2 aromatic carbocycles. The maximum Gasteiger partial charge on any atom is 0.471 e. The third kappa shape index (κ3) is 4.71. The van der Waals surface area contributed by atoms with E-state index >= 15 is 0 Å². The van der Waals surface area contributed by atoms with Crippen molar-refractivity contribution in [2.75, 3.05) is 10.0 Å². The molecule has 2 rings (SSSR count). The van der Waals surface area contributed by atoms with Crippen LogP contribution in [0.3, 0.4) is 0 Å². The molecule has 0 unspecified atom stereocenters. The summed E-state index contributed by atoms with van der Waals surface area (Å²) in [6.07, 6.45) is -5.02. The summed E-state index contributed by atoms with van der Waals surface area (Å²) >= 11 is 3.22. The lowest BCUT2D eigenvalue weighted by Crippen LogP contribution is -2.29. The van der Waals surface area contributed by atoms with E-state index in [0.29, 0.717) is 5.69 Å². The summed E-state index contributed by atoms with van der Waals surface area (Å²) in [7, 11) is -3.90. The minimum Gasteiger partial charge on any atom is -0.318 e. The molecule has 5 nitrogen and oxygen atoms in total. The van der Waals surface area contributed by atoms with E-state index in [1.54, 1.807) is 29.6 Å². The zero-order chi connectivity index (χ0) is 18.0. The van der Waals surface area contributed by atoms with Crippen molar-refractivity contribution in [2.45, 2.75) is 11.1 Å². The van der Waals surface area contributed by atoms with Crippen LogP contribution in [0.5, 0.6) is 0 Å². The average molecular weight is 423 g/mol. The van der Waals surface area contributed by atoms with E-state index in [0.717, 1.165) is 28.7 Å². The topological polar surface area (TPSA) is 75.3 Å². The molecular formula is C14H10BrF3N2O3S. The molecule has 0 bridgehead atoms. The molecule has 0 atom stereocenters. The molecule has 0 saturated carbocycles. The highest BCUT2D eigenvalue weighted by molar-refractivity contribution is 9.10. The SMILES string of the molecule is O=C(Nc1ccc(S(=O)(=O)Nc2ccc(Br)cc2)cc1)C(F)(F)F. The molecule has 2 N–H and O–H groups in total. The number of alkyl halides is 3. The number of nitrogens with one attached hydrogen (secondary N) is 2. The Bertz CT molecular complexity index is 835. The van der Waals surface area contributed by atoms with Crippen molar-refractivity contribution in [1.82, 2.24) is 0 Å². The number of amides is 1. The van der Waals surface area contributed by atoms with Crippen molar-refractivity contribution in [3.8, 4) is 0 Å². The fourth-order valence-corrected chi connectivity index (χ4v) is 2.97. The van der Waals surface area contributed by atoms with Gasteiger partial charge in [0.25, 0.3) is 10.0 Å². The first-order chi connectivity index (χ1) is 11.1. The monoisotopic (exact) mass is 422 g/mol. The first-order valence-corrected chi connectivity index (χ1v) is 8.62. The quantitative estimate of drug-likeness (QED) is 0.787. The van der Waals surface area contributed by atoms with Crippen LogP contribution in [0.25, 0.3) is 0 Å². The highest BCUT2D eigenvalue weighted by atomic mass is 79.9. The van der Waals surface area contributed by atoms with Crippen LogP contribution in [0.15, 0.2) is 57.9 Å². The van der Waals surface area contributed by atoms with Crippen molar-refractivity contribution in [1.29, 1.82) is 0 Å². The van der Waals surface area contributed by atoms with Gasteiger partial charge < -0.3 is 5.32 Å². The van der Waals surface area contributed by atoms with Gasteiger partial charge in [0.05, 0.1) is 4.90 Å². The van der Waals surface area contributed by atoms with Crippen LogP contribution in [-0.4, -0.2) is 20.5 Å². The van der Waals surface area contributed by atoms with E-state index in [1.165, 1.54) is 0 Å². The van der Waals surface area contributed by atoms with Gasteiger partial charge in [0.15, 0.2) is 0 Å². The van der Waals surface area contributed by atoms with Crippen LogP contribution in [0.4, 0.5) is 24.5 Å². The minimum atomic E-state index is -5.02. The van der Waals surface area contributed by atoms with E-state index in [4.69, 9.17) is 0 Å². The lowest BCUT2D eigenvalue weighted by molar-refractivity contribution is -0.167. The average Bonchev–Trinajstić information content (AvgIpc) is 2.49. The minimum absolute atomic E-state index is 0.157. The number of carbonyl (C=O) groups excluding carboxylic acids is 1. The molecule has 24 heavy (non-hydrogen) atoms. The summed E-state index contributed by atoms with van der Waals surface area (Å²) in [5, 5.41) is 1.63. The maximum atomic E-state index is 12.2. The van der Waals surface area contributed by atoms with Gasteiger partial charge >= 0.3 is 12.1 Å². The van der Waals surface area contributed by atoms with Crippen molar-refractivity contribution < 1.29 is 26.4 Å². The van der Waals surface area contributed by atoms with Gasteiger partial charge in [-0.15, -0.1) is 0 Å². The normalized spacial score (nSPS) is 11.8. The van der Waals surface area contributed by atoms with Crippen LogP contribution in [0, 0.1) is 0 Å². The number of benzene rings is 2. The number of anilines is 2. The van der Waals surface area contributed by atoms with Crippen LogP contribution < -0.4 is 10.0 Å². The highest BCUT2D eigenvalue weighted by Crippen LogP contribution is 2.22. The van der Waals surface area contributed by atoms with Crippen molar-refractivity contribution >= 4 is 43.2 Å². The molecule has 1 amide bonds. The lowest BCUT2D eigenvalue weighted by atomic mass is 10.3. The first kappa shape index (κ1) is 18.3. The molecule has 10 heteroatoms. The van der Waals surface area contributed by atoms with E-state index in [2.05, 4.69) is 20.7 Å². The predicted molar refractivity (Wildman–Crippen MR) is 86.1 cm³/mol. The van der Waals surface area contributed by atoms with Crippen molar-refractivity contribution in [3.63, 3.8) is 0 Å². The molecule has 0 aliphatic rings. The van der Waals surface area contributed by atoms with Gasteiger partial charge in [0.1, 0.15) is 0 Å². The van der Waals surface area contributed by atoms with Crippen LogP contribution >= 0.6 is 15.9 Å². The second kappa shape index (κ2) is 6.81. The Morgan fingerprint density at radius 1 is 0.917 bits per heavy atom. The summed E-state index contributed by atoms with van der Waals surface area (Å²) in [5.41, 5.74) is 0.160. The van der Waals surface area contributed by atoms with Crippen LogP contribution in [-0.2, 0) is 14.8 Å². The first-order valence-electron chi connectivity index (χ1n) is 6.34. The summed E-state index contributed by atoms with van der Waals surface area (Å²) in [6.45, 7) is 0. The fraction of sp³-hybridized carbons (Fsp3) is 0.0714. The summed E-state index contributed by atoms with van der Waals surface area (Å²) < 4.78 is 63.9. The molecular weight excluding hydrogens is 413 g/mol. The molecule has 128 valence electrons. The number of hydrogen-bond acceptors (Lipinski definition) is 3. The largest absolute Gasteiger partial charge is 0.471 e. The summed E-state index contributed by atoms with van der Waals surface area (Å²) in [5.74, 6) is -2.13. The Hall–Kier alpha value is -2.07. The highest BCUT2D eigenvalue weighted by Gasteiger charge is 2.38. The Labute approximate surface area is 144 Å². The standard InChI is InChI=1S/C14H10BrF3N2O3S/c15-9-1-3-11(4-2-9)20-24(22,23)12-7-5-10(6-8-12)19-13(21)14(16,17)18/h1-8,20H,(H,19,21). The molecule has 2 aromatic rings. The van der Waals surface area contributed by atoms with Gasteiger partial charge in [-0.2, -0.15) is 13.2 Å². The molecule has 0 saturated heterocycles. The van der Waals surface area contributed by atoms with E-state index in [9.17, 15) is 26.4 Å². The van der Waals surface area contributed by atoms with Crippen LogP contribution in [0.1, 0.15) is 0 Å². The number of hydrogen-bond donors (Lipinski definition) is 2. The van der Waals surface area contributed by atoms with Gasteiger partial charge in [0, 0.05) is 15.8 Å². The van der Waals surface area contributed by atoms with Crippen LogP contribution in [0.2, 0.25) is 0 Å². The van der Waals surface area contributed by atoms with Gasteiger partial charge in [-0.1, -0.05) is 15.9 Å². The van der Waals surface area contributed by atoms with Crippen molar-refractivity contribution in [3.05, 3.63) is 53.0 Å². The third-order valence-electron chi connectivity index (χ3n) is 2.78. The summed E-state index contributed by atoms with van der Waals surface area (Å²) in [4.78, 5) is 10.7. The molecule has 0 fully saturated rings. The maximum absolute atomic E-state index is 12.2. The van der Waals surface area contributed by atoms with Gasteiger partial charge in [-0.05, 0) is 48.5 Å². The van der Waals surface area contributed by atoms with E-state index < -0.39 is 22.1 Å².